The van der Waals surface area contributed by atoms with Gasteiger partial charge in [0, 0.05) is 24.3 Å². The third kappa shape index (κ3) is 5.84. The van der Waals surface area contributed by atoms with Gasteiger partial charge in [-0.25, -0.2) is 4.39 Å². The van der Waals surface area contributed by atoms with Crippen LogP contribution in [0, 0.1) is 5.82 Å². The van der Waals surface area contributed by atoms with Gasteiger partial charge < -0.3 is 4.90 Å². The average molecular weight is 462 g/mol. The fourth-order valence-electron chi connectivity index (χ4n) is 2.90. The van der Waals surface area contributed by atoms with Crippen LogP contribution in [0.4, 0.5) is 4.39 Å². The number of benzene rings is 2. The number of hydrogen-bond donors (Lipinski definition) is 0. The predicted octanol–water partition coefficient (Wildman–Crippen LogP) is 4.43. The maximum Gasteiger partial charge on any atom is 0.233 e. The number of thioether (sulfide) groups is 1. The Morgan fingerprint density at radius 3 is 2.35 bits per heavy atom. The minimum atomic E-state index is -0.313. The summed E-state index contributed by atoms with van der Waals surface area (Å²) in [4.78, 5) is 16.4. The summed E-state index contributed by atoms with van der Waals surface area (Å²) in [7, 11) is 5.68. The van der Waals surface area contributed by atoms with Crippen molar-refractivity contribution in [2.75, 3.05) is 26.9 Å². The molecule has 0 saturated carbocycles. The van der Waals surface area contributed by atoms with Crippen LogP contribution in [0.1, 0.15) is 24.4 Å². The molecule has 0 aliphatic carbocycles. The molecule has 0 aliphatic heterocycles. The highest BCUT2D eigenvalue weighted by Gasteiger charge is 2.22. The molecule has 0 bridgehead atoms. The lowest BCUT2D eigenvalue weighted by atomic mass is 10.2. The van der Waals surface area contributed by atoms with Crippen molar-refractivity contribution in [3.05, 3.63) is 70.8 Å². The van der Waals surface area contributed by atoms with E-state index in [-0.39, 0.29) is 23.5 Å². The van der Waals surface area contributed by atoms with E-state index < -0.39 is 0 Å². The van der Waals surface area contributed by atoms with Gasteiger partial charge in [0.2, 0.25) is 5.91 Å². The summed E-state index contributed by atoms with van der Waals surface area (Å²) in [5.41, 5.74) is 1.75. The van der Waals surface area contributed by atoms with Crippen LogP contribution >= 0.6 is 23.4 Å². The smallest absolute Gasteiger partial charge is 0.233 e. The van der Waals surface area contributed by atoms with Gasteiger partial charge in [-0.2, -0.15) is 0 Å². The van der Waals surface area contributed by atoms with Crippen molar-refractivity contribution in [2.24, 2.45) is 0 Å². The van der Waals surface area contributed by atoms with Crippen LogP contribution in [0.2, 0.25) is 5.02 Å². The van der Waals surface area contributed by atoms with Crippen LogP contribution in [0.5, 0.6) is 0 Å². The maximum absolute atomic E-state index is 13.4. The van der Waals surface area contributed by atoms with Gasteiger partial charge in [0.15, 0.2) is 11.0 Å². The lowest BCUT2D eigenvalue weighted by molar-refractivity contribution is -0.127. The van der Waals surface area contributed by atoms with Crippen LogP contribution in [-0.4, -0.2) is 57.4 Å². The number of nitrogens with zero attached hydrogens (tertiary/aromatic N) is 5. The van der Waals surface area contributed by atoms with Gasteiger partial charge in [-0.15, -0.1) is 10.2 Å². The summed E-state index contributed by atoms with van der Waals surface area (Å²) in [6, 6.07) is 13.6. The number of hydrogen-bond acceptors (Lipinski definition) is 5. The number of carbonyl (C=O) groups excluding carboxylic acids is 1. The fraction of sp³-hybridized carbons (Fsp3) is 0.318. The Morgan fingerprint density at radius 1 is 1.10 bits per heavy atom. The highest BCUT2D eigenvalue weighted by atomic mass is 35.5. The fourth-order valence-corrected chi connectivity index (χ4v) is 3.92. The Balaban J connectivity index is 1.76. The van der Waals surface area contributed by atoms with Gasteiger partial charge in [0.25, 0.3) is 0 Å². The molecule has 0 unspecified atom stereocenters. The molecule has 0 N–H and O–H groups in total. The zero-order valence-electron chi connectivity index (χ0n) is 17.9. The minimum absolute atomic E-state index is 0.0183. The SMILES string of the molecule is C[C@H](c1nnc(SCC(=O)N(C)Cc2ccc(Cl)cc2)n1-c1ccc(F)cc1)N(C)C. The largest absolute Gasteiger partial charge is 0.341 e. The monoisotopic (exact) mass is 461 g/mol. The van der Waals surface area contributed by atoms with Crippen molar-refractivity contribution in [3.63, 3.8) is 0 Å². The Kier molecular flexibility index (Phi) is 7.69. The van der Waals surface area contributed by atoms with Crippen LogP contribution in [-0.2, 0) is 11.3 Å². The van der Waals surface area contributed by atoms with Crippen molar-refractivity contribution in [2.45, 2.75) is 24.7 Å². The summed E-state index contributed by atoms with van der Waals surface area (Å²) in [6.07, 6.45) is 0. The van der Waals surface area contributed by atoms with Gasteiger partial charge >= 0.3 is 0 Å². The first-order valence-electron chi connectivity index (χ1n) is 9.75. The van der Waals surface area contributed by atoms with Gasteiger partial charge in [-0.3, -0.25) is 14.3 Å². The molecule has 164 valence electrons. The third-order valence-corrected chi connectivity index (χ3v) is 6.14. The molecule has 1 amide bonds. The minimum Gasteiger partial charge on any atom is -0.341 e. The van der Waals surface area contributed by atoms with Gasteiger partial charge in [0.1, 0.15) is 5.82 Å². The van der Waals surface area contributed by atoms with E-state index in [2.05, 4.69) is 10.2 Å². The Bertz CT molecular complexity index is 1020. The van der Waals surface area contributed by atoms with Gasteiger partial charge in [-0.1, -0.05) is 35.5 Å². The molecule has 1 heterocycles. The second-order valence-electron chi connectivity index (χ2n) is 7.46. The molecular formula is C22H25ClFN5OS. The zero-order chi connectivity index (χ0) is 22.5. The molecule has 31 heavy (non-hydrogen) atoms. The molecule has 0 fully saturated rings. The molecule has 0 saturated heterocycles. The summed E-state index contributed by atoms with van der Waals surface area (Å²) >= 11 is 7.23. The molecule has 3 rings (SSSR count). The topological polar surface area (TPSA) is 54.3 Å². The molecule has 0 aliphatic rings. The van der Waals surface area contributed by atoms with E-state index in [4.69, 9.17) is 11.6 Å². The Hall–Kier alpha value is -2.42. The van der Waals surface area contributed by atoms with Gasteiger partial charge in [-0.05, 0) is 63.0 Å². The van der Waals surface area contributed by atoms with Gasteiger partial charge in [0.05, 0.1) is 11.8 Å². The number of amides is 1. The first-order valence-corrected chi connectivity index (χ1v) is 11.1. The zero-order valence-corrected chi connectivity index (χ0v) is 19.5. The molecular weight excluding hydrogens is 437 g/mol. The standard InChI is InChI=1S/C22H25ClFN5OS/c1-15(27(2)3)21-25-26-22(29(21)19-11-9-18(24)10-12-19)31-14-20(30)28(4)13-16-5-7-17(23)8-6-16/h5-12,15H,13-14H2,1-4H3/t15-/m1/s1. The van der Waals surface area contributed by atoms with Crippen LogP contribution in [0.3, 0.4) is 0 Å². The first-order chi connectivity index (χ1) is 14.8. The van der Waals surface area contributed by atoms with E-state index in [0.29, 0.717) is 16.7 Å². The first kappa shape index (κ1) is 23.2. The molecule has 9 heteroatoms. The van der Waals surface area contributed by atoms with E-state index in [0.717, 1.165) is 17.1 Å². The summed E-state index contributed by atoms with van der Waals surface area (Å²) in [5, 5.41) is 9.92. The van der Waals surface area contributed by atoms with Crippen molar-refractivity contribution < 1.29 is 9.18 Å². The average Bonchev–Trinajstić information content (AvgIpc) is 3.17. The van der Waals surface area contributed by atoms with Crippen LogP contribution in [0.25, 0.3) is 5.69 Å². The van der Waals surface area contributed by atoms with Crippen molar-refractivity contribution in [1.29, 1.82) is 0 Å². The molecule has 3 aromatic rings. The van der Waals surface area contributed by atoms with E-state index in [9.17, 15) is 9.18 Å². The number of carbonyl (C=O) groups is 1. The lowest BCUT2D eigenvalue weighted by Gasteiger charge is -2.21. The Labute approximate surface area is 191 Å². The highest BCUT2D eigenvalue weighted by molar-refractivity contribution is 7.99. The second kappa shape index (κ2) is 10.3. The van der Waals surface area contributed by atoms with Crippen molar-refractivity contribution in [1.82, 2.24) is 24.6 Å². The lowest BCUT2D eigenvalue weighted by Crippen LogP contribution is -2.28. The summed E-state index contributed by atoms with van der Waals surface area (Å²) < 4.78 is 15.3. The van der Waals surface area contributed by atoms with E-state index in [1.165, 1.54) is 23.9 Å². The summed E-state index contributed by atoms with van der Waals surface area (Å²) in [6.45, 7) is 2.51. The molecule has 6 nitrogen and oxygen atoms in total. The maximum atomic E-state index is 13.4. The number of halogens is 2. The third-order valence-electron chi connectivity index (χ3n) is 4.97. The molecule has 0 radical (unpaired) electrons. The highest BCUT2D eigenvalue weighted by Crippen LogP contribution is 2.27. The quantitative estimate of drug-likeness (QED) is 0.464. The second-order valence-corrected chi connectivity index (χ2v) is 8.84. The van der Waals surface area contributed by atoms with Crippen molar-refractivity contribution in [3.8, 4) is 5.69 Å². The number of aromatic nitrogens is 3. The van der Waals surface area contributed by atoms with E-state index in [1.54, 1.807) is 24.1 Å². The van der Waals surface area contributed by atoms with Crippen LogP contribution in [0.15, 0.2) is 53.7 Å². The Morgan fingerprint density at radius 2 is 1.74 bits per heavy atom. The predicted molar refractivity (Wildman–Crippen MR) is 122 cm³/mol. The van der Waals surface area contributed by atoms with E-state index >= 15 is 0 Å². The molecule has 1 aromatic heterocycles. The van der Waals surface area contributed by atoms with Crippen molar-refractivity contribution >= 4 is 29.3 Å². The molecule has 1 atom stereocenters. The normalized spacial score (nSPS) is 12.2. The van der Waals surface area contributed by atoms with E-state index in [1.807, 2.05) is 54.8 Å². The number of rotatable bonds is 8. The summed E-state index contributed by atoms with van der Waals surface area (Å²) in [5.74, 6) is 0.587. The molecule has 2 aromatic carbocycles. The van der Waals surface area contributed by atoms with Crippen LogP contribution < -0.4 is 0 Å². The molecule has 0 spiro atoms.